The molecule has 0 unspecified atom stereocenters. The van der Waals surface area contributed by atoms with Gasteiger partial charge in [-0.3, -0.25) is 4.79 Å². The quantitative estimate of drug-likeness (QED) is 0.937. The van der Waals surface area contributed by atoms with Crippen LogP contribution in [0, 0.1) is 26.2 Å². The van der Waals surface area contributed by atoms with E-state index in [1.165, 1.54) is 0 Å². The largest absolute Gasteiger partial charge is 0.396 e. The minimum atomic E-state index is -0.0294. The molecule has 0 aliphatic carbocycles. The van der Waals surface area contributed by atoms with Gasteiger partial charge in [0.25, 0.3) is 5.91 Å². The molecule has 2 aromatic rings. The fourth-order valence-corrected chi connectivity index (χ4v) is 3.64. The molecule has 0 spiro atoms. The first-order valence-corrected chi connectivity index (χ1v) is 8.64. The number of aliphatic hydroxyl groups is 1. The number of aryl methyl sites for hydroxylation is 3. The van der Waals surface area contributed by atoms with Crippen molar-refractivity contribution in [2.75, 3.05) is 19.7 Å². The Balaban J connectivity index is 1.92. The number of hydrogen-bond acceptors (Lipinski definition) is 4. The number of hydrogen-bond donors (Lipinski definition) is 1. The van der Waals surface area contributed by atoms with E-state index in [1.807, 2.05) is 31.7 Å². The number of carbonyl (C=O) groups excluding carboxylic acids is 1. The van der Waals surface area contributed by atoms with Crippen molar-refractivity contribution in [3.63, 3.8) is 0 Å². The summed E-state index contributed by atoms with van der Waals surface area (Å²) in [6.45, 7) is 9.43. The molecule has 0 saturated carbocycles. The van der Waals surface area contributed by atoms with E-state index < -0.39 is 0 Å². The lowest BCUT2D eigenvalue weighted by Crippen LogP contribution is -2.44. The number of fused-ring (bicyclic) bond motifs is 1. The van der Waals surface area contributed by atoms with E-state index in [1.54, 1.807) is 4.52 Å². The first-order chi connectivity index (χ1) is 11.4. The first kappa shape index (κ1) is 16.9. The van der Waals surface area contributed by atoms with E-state index in [9.17, 15) is 9.90 Å². The zero-order valence-electron chi connectivity index (χ0n) is 15.0. The Bertz CT molecular complexity index is 767. The van der Waals surface area contributed by atoms with Crippen LogP contribution in [0.4, 0.5) is 0 Å². The van der Waals surface area contributed by atoms with Gasteiger partial charge in [0.1, 0.15) is 5.56 Å². The predicted octanol–water partition coefficient (Wildman–Crippen LogP) is 2.28. The van der Waals surface area contributed by atoms with Gasteiger partial charge >= 0.3 is 0 Å². The number of rotatable bonds is 3. The Labute approximate surface area is 142 Å². The topological polar surface area (TPSA) is 70.7 Å². The van der Waals surface area contributed by atoms with Gasteiger partial charge in [-0.1, -0.05) is 6.92 Å². The lowest BCUT2D eigenvalue weighted by atomic mass is 9.77. The minimum Gasteiger partial charge on any atom is -0.396 e. The van der Waals surface area contributed by atoms with Gasteiger partial charge in [-0.05, 0) is 51.5 Å². The number of likely N-dealkylation sites (tertiary alicyclic amines) is 1. The van der Waals surface area contributed by atoms with Crippen molar-refractivity contribution in [2.24, 2.45) is 5.41 Å². The zero-order chi connectivity index (χ0) is 17.5. The SMILES string of the molecule is CCC1(CO)CCN(C(=O)c2c(C)nn3c(C)cc(C)nc23)CC1. The number of piperidine rings is 1. The third kappa shape index (κ3) is 2.69. The Morgan fingerprint density at radius 1 is 1.29 bits per heavy atom. The molecule has 1 saturated heterocycles. The van der Waals surface area contributed by atoms with Crippen molar-refractivity contribution in [2.45, 2.75) is 47.0 Å². The molecule has 6 heteroatoms. The van der Waals surface area contributed by atoms with Crippen molar-refractivity contribution < 1.29 is 9.90 Å². The molecule has 3 rings (SSSR count). The van der Waals surface area contributed by atoms with Crippen LogP contribution in [0.3, 0.4) is 0 Å². The van der Waals surface area contributed by atoms with Crippen LogP contribution in [-0.4, -0.2) is 50.2 Å². The van der Waals surface area contributed by atoms with Crippen LogP contribution in [0.25, 0.3) is 5.65 Å². The Morgan fingerprint density at radius 2 is 1.96 bits per heavy atom. The predicted molar refractivity (Wildman–Crippen MR) is 92.1 cm³/mol. The monoisotopic (exact) mass is 330 g/mol. The van der Waals surface area contributed by atoms with Gasteiger partial charge in [0.05, 0.1) is 5.69 Å². The number of amides is 1. The summed E-state index contributed by atoms with van der Waals surface area (Å²) in [5.41, 5.74) is 3.80. The van der Waals surface area contributed by atoms with Crippen molar-refractivity contribution >= 4 is 11.6 Å². The van der Waals surface area contributed by atoms with Crippen molar-refractivity contribution in [1.29, 1.82) is 0 Å². The van der Waals surface area contributed by atoms with Gasteiger partial charge < -0.3 is 10.0 Å². The standard InChI is InChI=1S/C18H26N4O2/c1-5-18(11-23)6-8-21(9-7-18)17(24)15-14(4)20-22-13(3)10-12(2)19-16(15)22/h10,23H,5-9,11H2,1-4H3. The lowest BCUT2D eigenvalue weighted by molar-refractivity contribution is 0.0338. The van der Waals surface area contributed by atoms with E-state index in [2.05, 4.69) is 17.0 Å². The zero-order valence-corrected chi connectivity index (χ0v) is 15.0. The molecule has 1 N–H and O–H groups in total. The number of carbonyl (C=O) groups is 1. The number of nitrogens with zero attached hydrogens (tertiary/aromatic N) is 4. The third-order valence-electron chi connectivity index (χ3n) is 5.48. The van der Waals surface area contributed by atoms with Crippen LogP contribution in [-0.2, 0) is 0 Å². The van der Waals surface area contributed by atoms with Crippen LogP contribution in [0.2, 0.25) is 0 Å². The van der Waals surface area contributed by atoms with E-state index in [0.29, 0.717) is 24.3 Å². The molecule has 1 aliphatic heterocycles. The van der Waals surface area contributed by atoms with Crippen molar-refractivity contribution in [1.82, 2.24) is 19.5 Å². The summed E-state index contributed by atoms with van der Waals surface area (Å²) in [5.74, 6) is 0.00245. The molecule has 0 atom stereocenters. The highest BCUT2D eigenvalue weighted by molar-refractivity contribution is 6.01. The summed E-state index contributed by atoms with van der Waals surface area (Å²) in [6, 6.07) is 1.96. The maximum atomic E-state index is 13.1. The highest BCUT2D eigenvalue weighted by atomic mass is 16.3. The van der Waals surface area contributed by atoms with Crippen LogP contribution in [0.1, 0.15) is 53.6 Å². The normalized spacial score (nSPS) is 17.5. The second kappa shape index (κ2) is 6.16. The Hall–Kier alpha value is -1.95. The molecule has 0 bridgehead atoms. The van der Waals surface area contributed by atoms with E-state index in [0.717, 1.165) is 36.3 Å². The number of aliphatic hydroxyl groups excluding tert-OH is 1. The van der Waals surface area contributed by atoms with Gasteiger partial charge in [-0.25, -0.2) is 9.50 Å². The fourth-order valence-electron chi connectivity index (χ4n) is 3.64. The van der Waals surface area contributed by atoms with E-state index in [-0.39, 0.29) is 17.9 Å². The molecule has 6 nitrogen and oxygen atoms in total. The summed E-state index contributed by atoms with van der Waals surface area (Å²) < 4.78 is 1.75. The smallest absolute Gasteiger partial charge is 0.259 e. The molecule has 0 radical (unpaired) electrons. The average molecular weight is 330 g/mol. The van der Waals surface area contributed by atoms with Gasteiger partial charge in [-0.2, -0.15) is 5.10 Å². The van der Waals surface area contributed by atoms with Crippen LogP contribution in [0.15, 0.2) is 6.07 Å². The molecule has 0 aromatic carbocycles. The molecule has 1 amide bonds. The molecule has 2 aromatic heterocycles. The van der Waals surface area contributed by atoms with Gasteiger partial charge in [-0.15, -0.1) is 0 Å². The van der Waals surface area contributed by atoms with Crippen molar-refractivity contribution in [3.8, 4) is 0 Å². The maximum absolute atomic E-state index is 13.1. The molecular formula is C18H26N4O2. The Kier molecular flexibility index (Phi) is 4.34. The highest BCUT2D eigenvalue weighted by Gasteiger charge is 2.35. The Morgan fingerprint density at radius 3 is 2.54 bits per heavy atom. The molecule has 130 valence electrons. The van der Waals surface area contributed by atoms with Crippen LogP contribution in [0.5, 0.6) is 0 Å². The van der Waals surface area contributed by atoms with E-state index >= 15 is 0 Å². The highest BCUT2D eigenvalue weighted by Crippen LogP contribution is 2.35. The molecular weight excluding hydrogens is 304 g/mol. The van der Waals surface area contributed by atoms with Gasteiger partial charge in [0, 0.05) is 31.1 Å². The van der Waals surface area contributed by atoms with Crippen LogP contribution >= 0.6 is 0 Å². The summed E-state index contributed by atoms with van der Waals surface area (Å²) in [7, 11) is 0. The average Bonchev–Trinajstić information content (AvgIpc) is 2.90. The minimum absolute atomic E-state index is 0.00245. The van der Waals surface area contributed by atoms with Gasteiger partial charge in [0.2, 0.25) is 0 Å². The summed E-state index contributed by atoms with van der Waals surface area (Å²) >= 11 is 0. The molecule has 1 aliphatic rings. The second-order valence-electron chi connectivity index (χ2n) is 7.04. The summed E-state index contributed by atoms with van der Waals surface area (Å²) in [4.78, 5) is 19.5. The van der Waals surface area contributed by atoms with E-state index in [4.69, 9.17) is 0 Å². The molecule has 1 fully saturated rings. The fraction of sp³-hybridized carbons (Fsp3) is 0.611. The second-order valence-corrected chi connectivity index (χ2v) is 7.04. The molecule has 24 heavy (non-hydrogen) atoms. The maximum Gasteiger partial charge on any atom is 0.259 e. The summed E-state index contributed by atoms with van der Waals surface area (Å²) in [6.07, 6.45) is 2.63. The van der Waals surface area contributed by atoms with Gasteiger partial charge in [0.15, 0.2) is 5.65 Å². The number of aromatic nitrogens is 3. The van der Waals surface area contributed by atoms with Crippen LogP contribution < -0.4 is 0 Å². The first-order valence-electron chi connectivity index (χ1n) is 8.64. The molecule has 3 heterocycles. The lowest BCUT2D eigenvalue weighted by Gasteiger charge is -2.40. The third-order valence-corrected chi connectivity index (χ3v) is 5.48. The van der Waals surface area contributed by atoms with Crippen molar-refractivity contribution in [3.05, 3.63) is 28.7 Å². The summed E-state index contributed by atoms with van der Waals surface area (Å²) in [5, 5.41) is 14.2.